The Kier molecular flexibility index (Phi) is 3.80. The van der Waals surface area contributed by atoms with Gasteiger partial charge in [-0.15, -0.1) is 6.58 Å². The number of phenols is 1. The lowest BCUT2D eigenvalue weighted by Gasteiger charge is -2.09. The van der Waals surface area contributed by atoms with Gasteiger partial charge >= 0.3 is 0 Å². The van der Waals surface area contributed by atoms with Gasteiger partial charge in [0.25, 0.3) is 0 Å². The zero-order chi connectivity index (χ0) is 11.4. The van der Waals surface area contributed by atoms with Crippen LogP contribution in [0.5, 0.6) is 5.75 Å². The van der Waals surface area contributed by atoms with Crippen LogP contribution in [0.4, 0.5) is 8.78 Å². The first-order valence-electron chi connectivity index (χ1n) is 4.57. The molecule has 0 heterocycles. The SMILES string of the molecule is C=CC(C)NCc1cc(F)c(O)c(F)c1. The van der Waals surface area contributed by atoms with Gasteiger partial charge in [-0.3, -0.25) is 0 Å². The molecule has 1 atom stereocenters. The molecule has 2 nitrogen and oxygen atoms in total. The fourth-order valence-electron chi connectivity index (χ4n) is 1.08. The highest BCUT2D eigenvalue weighted by molar-refractivity contribution is 5.30. The number of nitrogens with one attached hydrogen (secondary N) is 1. The molecular formula is C11H13F2NO. The first kappa shape index (κ1) is 11.7. The van der Waals surface area contributed by atoms with E-state index in [1.807, 2.05) is 6.92 Å². The maximum Gasteiger partial charge on any atom is 0.187 e. The summed E-state index contributed by atoms with van der Waals surface area (Å²) in [6.07, 6.45) is 1.69. The molecule has 0 aliphatic heterocycles. The summed E-state index contributed by atoms with van der Waals surface area (Å²) in [7, 11) is 0. The molecule has 0 aliphatic carbocycles. The summed E-state index contributed by atoms with van der Waals surface area (Å²) in [5.74, 6) is -2.83. The summed E-state index contributed by atoms with van der Waals surface area (Å²) in [4.78, 5) is 0. The van der Waals surface area contributed by atoms with Gasteiger partial charge in [-0.05, 0) is 24.6 Å². The molecule has 0 aliphatic rings. The molecule has 0 saturated heterocycles. The number of rotatable bonds is 4. The van der Waals surface area contributed by atoms with Crippen LogP contribution in [0.25, 0.3) is 0 Å². The van der Waals surface area contributed by atoms with Crippen LogP contribution in [0.1, 0.15) is 12.5 Å². The summed E-state index contributed by atoms with van der Waals surface area (Å²) >= 11 is 0. The van der Waals surface area contributed by atoms with E-state index in [0.29, 0.717) is 12.1 Å². The highest BCUT2D eigenvalue weighted by Gasteiger charge is 2.09. The Bertz CT molecular complexity index is 343. The number of halogens is 2. The van der Waals surface area contributed by atoms with Crippen LogP contribution in [0.2, 0.25) is 0 Å². The maximum absolute atomic E-state index is 12.9. The van der Waals surface area contributed by atoms with Gasteiger partial charge in [-0.2, -0.15) is 0 Å². The third kappa shape index (κ3) is 3.02. The third-order valence-corrected chi connectivity index (χ3v) is 2.06. The van der Waals surface area contributed by atoms with Crippen LogP contribution < -0.4 is 5.32 Å². The van der Waals surface area contributed by atoms with Crippen LogP contribution in [0.15, 0.2) is 24.8 Å². The molecule has 1 rings (SSSR count). The van der Waals surface area contributed by atoms with Crippen LogP contribution in [0, 0.1) is 11.6 Å². The lowest BCUT2D eigenvalue weighted by atomic mass is 10.2. The van der Waals surface area contributed by atoms with E-state index in [2.05, 4.69) is 11.9 Å². The second-order valence-corrected chi connectivity index (χ2v) is 3.31. The number of hydrogen-bond acceptors (Lipinski definition) is 2. The van der Waals surface area contributed by atoms with Crippen LogP contribution >= 0.6 is 0 Å². The number of aromatic hydroxyl groups is 1. The van der Waals surface area contributed by atoms with Gasteiger partial charge in [-0.1, -0.05) is 6.08 Å². The van der Waals surface area contributed by atoms with E-state index in [-0.39, 0.29) is 6.04 Å². The van der Waals surface area contributed by atoms with Crippen molar-refractivity contribution in [3.63, 3.8) is 0 Å². The van der Waals surface area contributed by atoms with Crippen LogP contribution in [-0.2, 0) is 6.54 Å². The highest BCUT2D eigenvalue weighted by atomic mass is 19.1. The van der Waals surface area contributed by atoms with E-state index < -0.39 is 17.4 Å². The third-order valence-electron chi connectivity index (χ3n) is 2.06. The van der Waals surface area contributed by atoms with Gasteiger partial charge in [0.1, 0.15) is 0 Å². The molecule has 4 heteroatoms. The number of benzene rings is 1. The lowest BCUT2D eigenvalue weighted by Crippen LogP contribution is -2.23. The molecule has 0 aromatic heterocycles. The molecular weight excluding hydrogens is 200 g/mol. The Hall–Kier alpha value is -1.42. The average Bonchev–Trinajstić information content (AvgIpc) is 2.22. The summed E-state index contributed by atoms with van der Waals surface area (Å²) < 4.78 is 25.8. The average molecular weight is 213 g/mol. The van der Waals surface area contributed by atoms with Crippen molar-refractivity contribution in [1.82, 2.24) is 5.32 Å². The van der Waals surface area contributed by atoms with E-state index in [1.54, 1.807) is 6.08 Å². The second-order valence-electron chi connectivity index (χ2n) is 3.31. The Labute approximate surface area is 87.2 Å². The Morgan fingerprint density at radius 3 is 2.47 bits per heavy atom. The minimum atomic E-state index is -0.946. The Balaban J connectivity index is 2.74. The largest absolute Gasteiger partial charge is 0.503 e. The van der Waals surface area contributed by atoms with E-state index in [0.717, 1.165) is 12.1 Å². The zero-order valence-electron chi connectivity index (χ0n) is 8.43. The fourth-order valence-corrected chi connectivity index (χ4v) is 1.08. The molecule has 0 fully saturated rings. The van der Waals surface area contributed by atoms with Gasteiger partial charge < -0.3 is 10.4 Å². The van der Waals surface area contributed by atoms with Crippen molar-refractivity contribution < 1.29 is 13.9 Å². The topological polar surface area (TPSA) is 32.3 Å². The lowest BCUT2D eigenvalue weighted by molar-refractivity contribution is 0.395. The molecule has 1 aromatic carbocycles. The Morgan fingerprint density at radius 2 is 2.00 bits per heavy atom. The van der Waals surface area contributed by atoms with Crippen LogP contribution in [-0.4, -0.2) is 11.1 Å². The molecule has 82 valence electrons. The van der Waals surface area contributed by atoms with Crippen molar-refractivity contribution in [1.29, 1.82) is 0 Å². The number of hydrogen-bond donors (Lipinski definition) is 2. The van der Waals surface area contributed by atoms with Gasteiger partial charge in [0.15, 0.2) is 17.4 Å². The molecule has 0 amide bonds. The molecule has 1 aromatic rings. The fraction of sp³-hybridized carbons (Fsp3) is 0.273. The van der Waals surface area contributed by atoms with Crippen LogP contribution in [0.3, 0.4) is 0 Å². The molecule has 0 saturated carbocycles. The Morgan fingerprint density at radius 1 is 1.47 bits per heavy atom. The standard InChI is InChI=1S/C11H13F2NO/c1-3-7(2)14-6-8-4-9(12)11(15)10(13)5-8/h3-5,7,14-15H,1,6H2,2H3. The van der Waals surface area contributed by atoms with E-state index in [9.17, 15) is 8.78 Å². The first-order chi connectivity index (χ1) is 7.04. The van der Waals surface area contributed by atoms with Gasteiger partial charge in [0.2, 0.25) is 0 Å². The van der Waals surface area contributed by atoms with E-state index >= 15 is 0 Å². The molecule has 0 spiro atoms. The second kappa shape index (κ2) is 4.89. The summed E-state index contributed by atoms with van der Waals surface area (Å²) in [6, 6.07) is 2.26. The molecule has 15 heavy (non-hydrogen) atoms. The molecule has 0 bridgehead atoms. The maximum atomic E-state index is 12.9. The van der Waals surface area contributed by atoms with Crippen molar-refractivity contribution in [2.45, 2.75) is 19.5 Å². The van der Waals surface area contributed by atoms with Gasteiger partial charge in [0, 0.05) is 12.6 Å². The summed E-state index contributed by atoms with van der Waals surface area (Å²) in [6.45, 7) is 5.77. The zero-order valence-corrected chi connectivity index (χ0v) is 8.43. The van der Waals surface area contributed by atoms with Crippen molar-refractivity contribution in [3.05, 3.63) is 42.0 Å². The van der Waals surface area contributed by atoms with Crippen molar-refractivity contribution >= 4 is 0 Å². The summed E-state index contributed by atoms with van der Waals surface area (Å²) in [5, 5.41) is 11.9. The van der Waals surface area contributed by atoms with E-state index in [1.165, 1.54) is 0 Å². The highest BCUT2D eigenvalue weighted by Crippen LogP contribution is 2.21. The van der Waals surface area contributed by atoms with Gasteiger partial charge in [-0.25, -0.2) is 8.78 Å². The summed E-state index contributed by atoms with van der Waals surface area (Å²) in [5.41, 5.74) is 0.441. The molecule has 1 unspecified atom stereocenters. The minimum absolute atomic E-state index is 0.0601. The predicted molar refractivity (Wildman–Crippen MR) is 54.5 cm³/mol. The smallest absolute Gasteiger partial charge is 0.187 e. The van der Waals surface area contributed by atoms with Crippen molar-refractivity contribution in [2.24, 2.45) is 0 Å². The normalized spacial score (nSPS) is 12.5. The van der Waals surface area contributed by atoms with Crippen molar-refractivity contribution in [2.75, 3.05) is 0 Å². The first-order valence-corrected chi connectivity index (χ1v) is 4.57. The predicted octanol–water partition coefficient (Wildman–Crippen LogP) is 2.33. The van der Waals surface area contributed by atoms with Crippen molar-refractivity contribution in [3.8, 4) is 5.75 Å². The van der Waals surface area contributed by atoms with E-state index in [4.69, 9.17) is 5.11 Å². The quantitative estimate of drug-likeness (QED) is 0.752. The monoisotopic (exact) mass is 213 g/mol. The van der Waals surface area contributed by atoms with Gasteiger partial charge in [0.05, 0.1) is 0 Å². The molecule has 2 N–H and O–H groups in total. The molecule has 0 radical (unpaired) electrons. The minimum Gasteiger partial charge on any atom is -0.503 e. The number of phenolic OH excluding ortho intramolecular Hbond substituents is 1.